The lowest BCUT2D eigenvalue weighted by molar-refractivity contribution is 0.343. The molecule has 1 fully saturated rings. The minimum Gasteiger partial charge on any atom is -0.355 e. The van der Waals surface area contributed by atoms with Crippen LogP contribution in [0.4, 0.5) is 11.4 Å². The predicted molar refractivity (Wildman–Crippen MR) is 119 cm³/mol. The smallest absolute Gasteiger partial charge is 0.0729 e. The monoisotopic (exact) mass is 383 g/mol. The van der Waals surface area contributed by atoms with Crippen molar-refractivity contribution >= 4 is 22.3 Å². The summed E-state index contributed by atoms with van der Waals surface area (Å²) in [5, 5.41) is 12.7. The van der Waals surface area contributed by atoms with Gasteiger partial charge in [-0.15, -0.1) is 0 Å². The SMILES string of the molecule is Cc1ccc(Nc2ccnc3cc(-c4cnn(C5CCNCC5)c4)ccc23)cc1. The van der Waals surface area contributed by atoms with E-state index in [9.17, 15) is 0 Å². The van der Waals surface area contributed by atoms with Gasteiger partial charge in [-0.25, -0.2) is 0 Å². The van der Waals surface area contributed by atoms with Crippen LogP contribution < -0.4 is 10.6 Å². The number of anilines is 2. The largest absolute Gasteiger partial charge is 0.355 e. The second kappa shape index (κ2) is 7.68. The molecule has 5 rings (SSSR count). The van der Waals surface area contributed by atoms with Gasteiger partial charge in [0.05, 0.1) is 17.8 Å². The lowest BCUT2D eigenvalue weighted by Gasteiger charge is -2.22. The standard InChI is InChI=1S/C24H25N5/c1-17-2-5-20(6-3-17)28-23-10-13-26-24-14-18(4-7-22(23)24)19-15-27-29(16-19)21-8-11-25-12-9-21/h2-7,10,13-16,21,25H,8-9,11-12H2,1H3,(H,26,28). The number of aromatic nitrogens is 3. The molecule has 3 heterocycles. The molecule has 0 bridgehead atoms. The zero-order valence-electron chi connectivity index (χ0n) is 16.6. The Labute approximate surface area is 170 Å². The van der Waals surface area contributed by atoms with E-state index < -0.39 is 0 Å². The van der Waals surface area contributed by atoms with Crippen molar-refractivity contribution < 1.29 is 0 Å². The number of nitrogens with one attached hydrogen (secondary N) is 2. The molecule has 2 aromatic heterocycles. The summed E-state index contributed by atoms with van der Waals surface area (Å²) >= 11 is 0. The number of piperidine rings is 1. The van der Waals surface area contributed by atoms with Gasteiger partial charge in [-0.1, -0.05) is 29.8 Å². The van der Waals surface area contributed by atoms with E-state index in [1.807, 2.05) is 18.5 Å². The minimum atomic E-state index is 0.494. The molecule has 0 atom stereocenters. The fraction of sp³-hybridized carbons (Fsp3) is 0.250. The molecule has 1 aliphatic heterocycles. The summed E-state index contributed by atoms with van der Waals surface area (Å²) in [4.78, 5) is 4.60. The topological polar surface area (TPSA) is 54.8 Å². The van der Waals surface area contributed by atoms with Crippen molar-refractivity contribution in [2.75, 3.05) is 18.4 Å². The van der Waals surface area contributed by atoms with Crippen LogP contribution in [-0.2, 0) is 0 Å². The molecule has 4 aromatic rings. The number of aryl methyl sites for hydroxylation is 1. The van der Waals surface area contributed by atoms with Gasteiger partial charge in [-0.3, -0.25) is 9.67 Å². The Kier molecular flexibility index (Phi) is 4.74. The summed E-state index contributed by atoms with van der Waals surface area (Å²) in [5.41, 5.74) is 6.67. The van der Waals surface area contributed by atoms with E-state index in [-0.39, 0.29) is 0 Å². The number of nitrogens with zero attached hydrogens (tertiary/aromatic N) is 3. The normalized spacial score (nSPS) is 14.9. The third-order valence-corrected chi connectivity index (χ3v) is 5.69. The fourth-order valence-corrected chi connectivity index (χ4v) is 3.99. The van der Waals surface area contributed by atoms with E-state index in [0.29, 0.717) is 6.04 Å². The molecular formula is C24H25N5. The van der Waals surface area contributed by atoms with Crippen molar-refractivity contribution in [3.63, 3.8) is 0 Å². The Morgan fingerprint density at radius 1 is 1.00 bits per heavy atom. The molecule has 0 unspecified atom stereocenters. The van der Waals surface area contributed by atoms with E-state index in [1.54, 1.807) is 0 Å². The average Bonchev–Trinajstić information content (AvgIpc) is 3.26. The van der Waals surface area contributed by atoms with Crippen LogP contribution in [0.5, 0.6) is 0 Å². The van der Waals surface area contributed by atoms with Gasteiger partial charge in [-0.2, -0.15) is 5.10 Å². The summed E-state index contributed by atoms with van der Waals surface area (Å²) in [6.07, 6.45) is 8.27. The minimum absolute atomic E-state index is 0.494. The van der Waals surface area contributed by atoms with Gasteiger partial charge >= 0.3 is 0 Å². The number of rotatable bonds is 4. The molecule has 2 N–H and O–H groups in total. The molecule has 1 aliphatic rings. The quantitative estimate of drug-likeness (QED) is 0.516. The molecule has 2 aromatic carbocycles. The van der Waals surface area contributed by atoms with E-state index in [1.165, 1.54) is 5.56 Å². The molecule has 0 aliphatic carbocycles. The highest BCUT2D eigenvalue weighted by Crippen LogP contribution is 2.30. The first-order valence-corrected chi connectivity index (χ1v) is 10.2. The van der Waals surface area contributed by atoms with Gasteiger partial charge in [-0.05, 0) is 62.7 Å². The molecule has 5 heteroatoms. The van der Waals surface area contributed by atoms with Gasteiger partial charge in [0.15, 0.2) is 0 Å². The van der Waals surface area contributed by atoms with E-state index >= 15 is 0 Å². The molecule has 29 heavy (non-hydrogen) atoms. The Bertz CT molecular complexity index is 1120. The van der Waals surface area contributed by atoms with Crippen LogP contribution in [0, 0.1) is 6.92 Å². The average molecular weight is 383 g/mol. The summed E-state index contributed by atoms with van der Waals surface area (Å²) < 4.78 is 2.13. The van der Waals surface area contributed by atoms with E-state index in [0.717, 1.165) is 59.3 Å². The molecular weight excluding hydrogens is 358 g/mol. The number of pyridine rings is 1. The maximum atomic E-state index is 4.63. The van der Waals surface area contributed by atoms with E-state index in [2.05, 4.69) is 81.0 Å². The number of benzene rings is 2. The highest BCUT2D eigenvalue weighted by molar-refractivity contribution is 5.95. The molecule has 0 amide bonds. The zero-order valence-corrected chi connectivity index (χ0v) is 16.6. The van der Waals surface area contributed by atoms with Crippen LogP contribution in [0.2, 0.25) is 0 Å². The van der Waals surface area contributed by atoms with E-state index in [4.69, 9.17) is 0 Å². The van der Waals surface area contributed by atoms with Gasteiger partial charge in [0.2, 0.25) is 0 Å². The Balaban J connectivity index is 1.43. The molecule has 0 radical (unpaired) electrons. The van der Waals surface area contributed by atoms with Crippen molar-refractivity contribution in [1.82, 2.24) is 20.1 Å². The predicted octanol–water partition coefficient (Wildman–Crippen LogP) is 5.07. The second-order valence-electron chi connectivity index (χ2n) is 7.77. The highest BCUT2D eigenvalue weighted by Gasteiger charge is 2.16. The molecule has 1 saturated heterocycles. The molecule has 146 valence electrons. The van der Waals surface area contributed by atoms with Crippen LogP contribution in [0.3, 0.4) is 0 Å². The third kappa shape index (κ3) is 3.74. The Morgan fingerprint density at radius 2 is 1.83 bits per heavy atom. The Hall–Kier alpha value is -3.18. The van der Waals surface area contributed by atoms with Crippen LogP contribution in [0.25, 0.3) is 22.0 Å². The van der Waals surface area contributed by atoms with Gasteiger partial charge in [0.25, 0.3) is 0 Å². The van der Waals surface area contributed by atoms with Crippen molar-refractivity contribution in [2.24, 2.45) is 0 Å². The first-order chi connectivity index (χ1) is 14.3. The number of fused-ring (bicyclic) bond motifs is 1. The fourth-order valence-electron chi connectivity index (χ4n) is 3.99. The summed E-state index contributed by atoms with van der Waals surface area (Å²) in [6.45, 7) is 4.23. The van der Waals surface area contributed by atoms with Crippen molar-refractivity contribution in [1.29, 1.82) is 0 Å². The van der Waals surface area contributed by atoms with Crippen molar-refractivity contribution in [2.45, 2.75) is 25.8 Å². The number of hydrogen-bond donors (Lipinski definition) is 2. The first-order valence-electron chi connectivity index (χ1n) is 10.2. The molecule has 5 nitrogen and oxygen atoms in total. The lowest BCUT2D eigenvalue weighted by atomic mass is 10.1. The lowest BCUT2D eigenvalue weighted by Crippen LogP contribution is -2.29. The van der Waals surface area contributed by atoms with Gasteiger partial charge < -0.3 is 10.6 Å². The number of hydrogen-bond acceptors (Lipinski definition) is 4. The second-order valence-corrected chi connectivity index (χ2v) is 7.77. The maximum Gasteiger partial charge on any atom is 0.0729 e. The summed E-state index contributed by atoms with van der Waals surface area (Å²) in [6, 6.07) is 17.4. The van der Waals surface area contributed by atoms with Crippen LogP contribution in [0.15, 0.2) is 67.1 Å². The van der Waals surface area contributed by atoms with Gasteiger partial charge in [0.1, 0.15) is 0 Å². The zero-order chi connectivity index (χ0) is 19.6. The van der Waals surface area contributed by atoms with Crippen LogP contribution in [-0.4, -0.2) is 27.9 Å². The van der Waals surface area contributed by atoms with Crippen LogP contribution >= 0.6 is 0 Å². The third-order valence-electron chi connectivity index (χ3n) is 5.69. The molecule has 0 spiro atoms. The highest BCUT2D eigenvalue weighted by atomic mass is 15.3. The maximum absolute atomic E-state index is 4.63. The van der Waals surface area contributed by atoms with Gasteiger partial charge in [0, 0.05) is 34.7 Å². The van der Waals surface area contributed by atoms with Crippen LogP contribution in [0.1, 0.15) is 24.4 Å². The molecule has 0 saturated carbocycles. The van der Waals surface area contributed by atoms with Crippen molar-refractivity contribution in [3.05, 3.63) is 72.7 Å². The Morgan fingerprint density at radius 3 is 2.66 bits per heavy atom. The summed E-state index contributed by atoms with van der Waals surface area (Å²) in [5.74, 6) is 0. The first kappa shape index (κ1) is 17.9. The van der Waals surface area contributed by atoms with Crippen molar-refractivity contribution in [3.8, 4) is 11.1 Å². The summed E-state index contributed by atoms with van der Waals surface area (Å²) in [7, 11) is 0.